The van der Waals surface area contributed by atoms with Gasteiger partial charge in [0.2, 0.25) is 0 Å². The van der Waals surface area contributed by atoms with E-state index in [9.17, 15) is 4.57 Å². The van der Waals surface area contributed by atoms with Crippen molar-refractivity contribution in [1.82, 2.24) is 0 Å². The summed E-state index contributed by atoms with van der Waals surface area (Å²) in [5.74, 6) is 0. The van der Waals surface area contributed by atoms with E-state index in [2.05, 4.69) is 6.08 Å². The Morgan fingerprint density at radius 2 is 1.45 bits per heavy atom. The van der Waals surface area contributed by atoms with Crippen LogP contribution in [0.2, 0.25) is 0 Å². The summed E-state index contributed by atoms with van der Waals surface area (Å²) >= 11 is 0. The molecule has 1 aliphatic carbocycles. The summed E-state index contributed by atoms with van der Waals surface area (Å²) in [6.45, 7) is 0. The Labute approximate surface area is 119 Å². The Balaban J connectivity index is 2.03. The molecule has 1 unspecified atom stereocenters. The van der Waals surface area contributed by atoms with Crippen LogP contribution in [0, 0.1) is 0 Å². The van der Waals surface area contributed by atoms with E-state index in [1.54, 1.807) is 0 Å². The topological polar surface area (TPSA) is 26.3 Å². The van der Waals surface area contributed by atoms with Crippen LogP contribution in [0.5, 0.6) is 0 Å². The number of rotatable bonds is 4. The summed E-state index contributed by atoms with van der Waals surface area (Å²) in [7, 11) is -3.02. The van der Waals surface area contributed by atoms with Gasteiger partial charge in [-0.15, -0.1) is 0 Å². The van der Waals surface area contributed by atoms with Crippen molar-refractivity contribution >= 4 is 18.0 Å². The molecule has 2 nitrogen and oxygen atoms in total. The van der Waals surface area contributed by atoms with Crippen LogP contribution in [0.15, 0.2) is 72.8 Å². The van der Waals surface area contributed by atoms with Crippen molar-refractivity contribution in [3.8, 4) is 0 Å². The van der Waals surface area contributed by atoms with Crippen LogP contribution in [0.25, 0.3) is 0 Å². The highest BCUT2D eigenvalue weighted by Gasteiger charge is 2.31. The second-order valence-electron chi connectivity index (χ2n) is 4.87. The molecule has 0 spiro atoms. The predicted octanol–water partition coefficient (Wildman–Crippen LogP) is 3.65. The van der Waals surface area contributed by atoms with Gasteiger partial charge in [0.15, 0.2) is 0 Å². The van der Waals surface area contributed by atoms with E-state index >= 15 is 0 Å². The van der Waals surface area contributed by atoms with Crippen molar-refractivity contribution < 1.29 is 9.09 Å². The van der Waals surface area contributed by atoms with Gasteiger partial charge in [0.05, 0.1) is 6.10 Å². The van der Waals surface area contributed by atoms with Crippen LogP contribution in [0.4, 0.5) is 0 Å². The molecular formula is C17H17O2P. The van der Waals surface area contributed by atoms with Gasteiger partial charge in [-0.2, -0.15) is 0 Å². The highest BCUT2D eigenvalue weighted by atomic mass is 31.2. The normalized spacial score (nSPS) is 18.3. The summed E-state index contributed by atoms with van der Waals surface area (Å²) in [4.78, 5) is 0. The fourth-order valence-electron chi connectivity index (χ4n) is 2.40. The minimum atomic E-state index is -3.02. The van der Waals surface area contributed by atoms with Gasteiger partial charge in [-0.25, -0.2) is 0 Å². The Morgan fingerprint density at radius 1 is 0.900 bits per heavy atom. The van der Waals surface area contributed by atoms with Crippen molar-refractivity contribution in [2.24, 2.45) is 0 Å². The van der Waals surface area contributed by atoms with Gasteiger partial charge in [0.1, 0.15) is 0 Å². The summed E-state index contributed by atoms with van der Waals surface area (Å²) in [6, 6.07) is 19.0. The van der Waals surface area contributed by atoms with E-state index in [4.69, 9.17) is 4.52 Å². The lowest BCUT2D eigenvalue weighted by Gasteiger charge is -2.22. The maximum Gasteiger partial charge on any atom is 0.261 e. The van der Waals surface area contributed by atoms with Gasteiger partial charge in [-0.1, -0.05) is 48.6 Å². The molecule has 1 aliphatic rings. The van der Waals surface area contributed by atoms with Gasteiger partial charge in [0.25, 0.3) is 7.37 Å². The number of hydrogen-bond acceptors (Lipinski definition) is 2. The van der Waals surface area contributed by atoms with Gasteiger partial charge in [-0.05, 0) is 37.1 Å². The van der Waals surface area contributed by atoms with E-state index in [1.807, 2.05) is 66.7 Å². The van der Waals surface area contributed by atoms with Gasteiger partial charge in [-0.3, -0.25) is 4.57 Å². The zero-order chi connectivity index (χ0) is 13.8. The van der Waals surface area contributed by atoms with E-state index in [-0.39, 0.29) is 6.10 Å². The first-order chi connectivity index (χ1) is 9.79. The first kappa shape index (κ1) is 13.4. The standard InChI is InChI=1S/C17H17O2P/c18-20(16-11-3-1-4-12-16,17-13-5-2-6-14-17)19-15-9-7-8-10-15/h1-7,9,11-15H,8,10H2. The molecule has 0 aromatic heterocycles. The summed E-state index contributed by atoms with van der Waals surface area (Å²) in [5.41, 5.74) is 0. The van der Waals surface area contributed by atoms with Crippen LogP contribution in [0.3, 0.4) is 0 Å². The van der Waals surface area contributed by atoms with Crippen LogP contribution in [0.1, 0.15) is 12.8 Å². The minimum Gasteiger partial charge on any atom is -0.315 e. The maximum absolute atomic E-state index is 13.5. The van der Waals surface area contributed by atoms with E-state index in [0.29, 0.717) is 0 Å². The van der Waals surface area contributed by atoms with E-state index in [0.717, 1.165) is 23.5 Å². The largest absolute Gasteiger partial charge is 0.315 e. The predicted molar refractivity (Wildman–Crippen MR) is 83.0 cm³/mol. The lowest BCUT2D eigenvalue weighted by Crippen LogP contribution is -2.21. The smallest absolute Gasteiger partial charge is 0.261 e. The first-order valence-electron chi connectivity index (χ1n) is 6.85. The molecule has 3 rings (SSSR count). The van der Waals surface area contributed by atoms with Crippen LogP contribution < -0.4 is 10.6 Å². The monoisotopic (exact) mass is 284 g/mol. The fraction of sp³-hybridized carbons (Fsp3) is 0.176. The SMILES string of the molecule is O=P(OC1C=CCC1)(c1ccccc1)c1ccccc1. The lowest BCUT2D eigenvalue weighted by atomic mass is 10.3. The third-order valence-corrected chi connectivity index (χ3v) is 5.97. The van der Waals surface area contributed by atoms with Crippen LogP contribution >= 0.6 is 7.37 Å². The van der Waals surface area contributed by atoms with Crippen LogP contribution in [-0.2, 0) is 9.09 Å². The zero-order valence-corrected chi connectivity index (χ0v) is 12.1. The fourth-order valence-corrected chi connectivity index (χ4v) is 4.63. The molecule has 0 aliphatic heterocycles. The number of allylic oxidation sites excluding steroid dienone is 1. The van der Waals surface area contributed by atoms with E-state index in [1.165, 1.54) is 0 Å². The average molecular weight is 284 g/mol. The lowest BCUT2D eigenvalue weighted by molar-refractivity contribution is 0.260. The van der Waals surface area contributed by atoms with Crippen molar-refractivity contribution in [1.29, 1.82) is 0 Å². The molecular weight excluding hydrogens is 267 g/mol. The third-order valence-electron chi connectivity index (χ3n) is 3.44. The maximum atomic E-state index is 13.5. The van der Waals surface area contributed by atoms with Crippen LogP contribution in [-0.4, -0.2) is 6.10 Å². The Bertz CT molecular complexity index is 591. The second kappa shape index (κ2) is 5.78. The number of benzene rings is 2. The van der Waals surface area contributed by atoms with Crippen molar-refractivity contribution in [3.05, 3.63) is 72.8 Å². The molecule has 0 fully saturated rings. The van der Waals surface area contributed by atoms with Crippen molar-refractivity contribution in [3.63, 3.8) is 0 Å². The molecule has 0 amide bonds. The third kappa shape index (κ3) is 2.63. The number of hydrogen-bond donors (Lipinski definition) is 0. The molecule has 0 heterocycles. The average Bonchev–Trinajstić information content (AvgIpc) is 3.02. The highest BCUT2D eigenvalue weighted by molar-refractivity contribution is 7.74. The van der Waals surface area contributed by atoms with Crippen molar-refractivity contribution in [2.75, 3.05) is 0 Å². The molecule has 0 saturated heterocycles. The van der Waals surface area contributed by atoms with Crippen molar-refractivity contribution in [2.45, 2.75) is 18.9 Å². The molecule has 1 atom stereocenters. The molecule has 102 valence electrons. The quantitative estimate of drug-likeness (QED) is 0.633. The van der Waals surface area contributed by atoms with E-state index < -0.39 is 7.37 Å². The minimum absolute atomic E-state index is 0.0544. The Hall–Kier alpha value is -1.63. The molecule has 0 N–H and O–H groups in total. The molecule has 2 aromatic rings. The summed E-state index contributed by atoms with van der Waals surface area (Å²) in [5, 5.41) is 1.51. The summed E-state index contributed by atoms with van der Waals surface area (Å²) in [6.07, 6.45) is 5.95. The second-order valence-corrected chi connectivity index (χ2v) is 7.22. The Morgan fingerprint density at radius 3 is 1.90 bits per heavy atom. The summed E-state index contributed by atoms with van der Waals surface area (Å²) < 4.78 is 19.6. The molecule has 0 radical (unpaired) electrons. The zero-order valence-electron chi connectivity index (χ0n) is 11.2. The molecule has 2 aromatic carbocycles. The highest BCUT2D eigenvalue weighted by Crippen LogP contribution is 2.47. The molecule has 0 saturated carbocycles. The molecule has 3 heteroatoms. The molecule has 0 bridgehead atoms. The molecule has 20 heavy (non-hydrogen) atoms. The Kier molecular flexibility index (Phi) is 3.86. The van der Waals surface area contributed by atoms with Gasteiger partial charge >= 0.3 is 0 Å². The first-order valence-corrected chi connectivity index (χ1v) is 8.48. The van der Waals surface area contributed by atoms with Gasteiger partial charge < -0.3 is 4.52 Å². The van der Waals surface area contributed by atoms with Gasteiger partial charge in [0, 0.05) is 10.6 Å².